The molecule has 0 bridgehead atoms. The fourth-order valence-electron chi connectivity index (χ4n) is 5.44. The lowest BCUT2D eigenvalue weighted by Gasteiger charge is -2.33. The molecule has 1 atom stereocenters. The van der Waals surface area contributed by atoms with Crippen LogP contribution in [0.4, 0.5) is 5.69 Å². The van der Waals surface area contributed by atoms with Gasteiger partial charge in [-0.2, -0.15) is 0 Å². The topological polar surface area (TPSA) is 83.7 Å². The van der Waals surface area contributed by atoms with Crippen molar-refractivity contribution in [1.29, 1.82) is 0 Å². The number of methoxy groups -OCH3 is 2. The van der Waals surface area contributed by atoms with Crippen LogP contribution in [0.5, 0.6) is 11.5 Å². The van der Waals surface area contributed by atoms with Gasteiger partial charge in [0.25, 0.3) is 0 Å². The van der Waals surface area contributed by atoms with Gasteiger partial charge in [0, 0.05) is 28.8 Å². The van der Waals surface area contributed by atoms with Gasteiger partial charge in [-0.25, -0.2) is 0 Å². The zero-order valence-electron chi connectivity index (χ0n) is 22.5. The number of rotatable bonds is 9. The summed E-state index contributed by atoms with van der Waals surface area (Å²) in [6.07, 6.45) is 7.30. The van der Waals surface area contributed by atoms with Crippen molar-refractivity contribution >= 4 is 28.4 Å². The first-order valence-corrected chi connectivity index (χ1v) is 13.5. The van der Waals surface area contributed by atoms with Crippen LogP contribution in [-0.4, -0.2) is 37.1 Å². The minimum atomic E-state index is -0.857. The molecule has 0 radical (unpaired) electrons. The average Bonchev–Trinajstić information content (AvgIpc) is 3.39. The maximum absolute atomic E-state index is 14.2. The maximum Gasteiger partial charge on any atom is 0.248 e. The summed E-state index contributed by atoms with van der Waals surface area (Å²) in [6.45, 7) is 0. The fourth-order valence-corrected chi connectivity index (χ4v) is 5.44. The van der Waals surface area contributed by atoms with Gasteiger partial charge in [-0.3, -0.25) is 14.5 Å². The van der Waals surface area contributed by atoms with Gasteiger partial charge in [-0.15, -0.1) is 0 Å². The predicted molar refractivity (Wildman–Crippen MR) is 153 cm³/mol. The highest BCUT2D eigenvalue weighted by Crippen LogP contribution is 2.32. The van der Waals surface area contributed by atoms with Crippen molar-refractivity contribution in [3.05, 3.63) is 90.1 Å². The molecule has 7 nitrogen and oxygen atoms in total. The van der Waals surface area contributed by atoms with Crippen LogP contribution in [0, 0.1) is 0 Å². The summed E-state index contributed by atoms with van der Waals surface area (Å²) >= 11 is 0. The van der Waals surface area contributed by atoms with E-state index in [1.54, 1.807) is 19.1 Å². The largest absolute Gasteiger partial charge is 0.497 e. The molecular formula is C32H35N3O4. The Morgan fingerprint density at radius 2 is 1.54 bits per heavy atom. The SMILES string of the molecule is COc1ccc(C(C(=O)NC2CCCCC2)N(C(=O)Cc2c[nH]c3ccccc23)c2ccc(OC)cc2)cc1. The quantitative estimate of drug-likeness (QED) is 0.283. The second kappa shape index (κ2) is 12.1. The first-order valence-electron chi connectivity index (χ1n) is 13.5. The van der Waals surface area contributed by atoms with Gasteiger partial charge >= 0.3 is 0 Å². The van der Waals surface area contributed by atoms with Crippen molar-refractivity contribution in [2.75, 3.05) is 19.1 Å². The van der Waals surface area contributed by atoms with E-state index in [2.05, 4.69) is 10.3 Å². The van der Waals surface area contributed by atoms with E-state index < -0.39 is 6.04 Å². The number of aromatic amines is 1. The van der Waals surface area contributed by atoms with Gasteiger partial charge in [-0.05, 0) is 66.4 Å². The van der Waals surface area contributed by atoms with Crippen LogP contribution in [-0.2, 0) is 16.0 Å². The summed E-state index contributed by atoms with van der Waals surface area (Å²) in [7, 11) is 3.21. The Balaban J connectivity index is 1.56. The van der Waals surface area contributed by atoms with Gasteiger partial charge in [0.15, 0.2) is 0 Å². The van der Waals surface area contributed by atoms with Gasteiger partial charge in [0.2, 0.25) is 11.8 Å². The number of nitrogens with zero attached hydrogens (tertiary/aromatic N) is 1. The summed E-state index contributed by atoms with van der Waals surface area (Å²) in [6, 6.07) is 21.8. The number of H-pyrrole nitrogens is 1. The van der Waals surface area contributed by atoms with Crippen LogP contribution in [0.1, 0.15) is 49.3 Å². The number of fused-ring (bicyclic) bond motifs is 1. The monoisotopic (exact) mass is 525 g/mol. The van der Waals surface area contributed by atoms with Crippen LogP contribution in [0.15, 0.2) is 79.0 Å². The molecule has 39 heavy (non-hydrogen) atoms. The van der Waals surface area contributed by atoms with Gasteiger partial charge < -0.3 is 19.8 Å². The van der Waals surface area contributed by atoms with Gasteiger partial charge in [0.1, 0.15) is 17.5 Å². The third-order valence-electron chi connectivity index (χ3n) is 7.53. The van der Waals surface area contributed by atoms with Crippen LogP contribution in [0.2, 0.25) is 0 Å². The van der Waals surface area contributed by atoms with E-state index in [0.717, 1.165) is 42.1 Å². The van der Waals surface area contributed by atoms with Crippen molar-refractivity contribution < 1.29 is 19.1 Å². The van der Waals surface area contributed by atoms with E-state index in [1.165, 1.54) is 6.42 Å². The fraction of sp³-hybridized carbons (Fsp3) is 0.312. The number of ether oxygens (including phenoxy) is 2. The van der Waals surface area contributed by atoms with Crippen LogP contribution < -0.4 is 19.7 Å². The molecule has 202 valence electrons. The van der Waals surface area contributed by atoms with E-state index in [-0.39, 0.29) is 24.3 Å². The number of hydrogen-bond acceptors (Lipinski definition) is 4. The van der Waals surface area contributed by atoms with Gasteiger partial charge in [-0.1, -0.05) is 49.6 Å². The Labute approximate surface area is 229 Å². The van der Waals surface area contributed by atoms with Crippen molar-refractivity contribution in [1.82, 2.24) is 10.3 Å². The molecule has 4 aromatic rings. The number of carbonyl (C=O) groups is 2. The molecule has 7 heteroatoms. The van der Waals surface area contributed by atoms with E-state index in [4.69, 9.17) is 9.47 Å². The summed E-state index contributed by atoms with van der Waals surface area (Å²) in [4.78, 5) is 33.2. The van der Waals surface area contributed by atoms with E-state index in [0.29, 0.717) is 22.7 Å². The predicted octanol–water partition coefficient (Wildman–Crippen LogP) is 5.95. The molecule has 1 aromatic heterocycles. The minimum absolute atomic E-state index is 0.105. The number of hydrogen-bond donors (Lipinski definition) is 2. The highest BCUT2D eigenvalue weighted by atomic mass is 16.5. The molecule has 1 unspecified atom stereocenters. The Morgan fingerprint density at radius 1 is 0.897 bits per heavy atom. The number of aromatic nitrogens is 1. The van der Waals surface area contributed by atoms with Crippen molar-refractivity contribution in [3.8, 4) is 11.5 Å². The number of anilines is 1. The zero-order chi connectivity index (χ0) is 27.2. The highest BCUT2D eigenvalue weighted by molar-refractivity contribution is 6.03. The Morgan fingerprint density at radius 3 is 2.21 bits per heavy atom. The third kappa shape index (κ3) is 5.93. The molecule has 1 heterocycles. The molecule has 1 saturated carbocycles. The second-order valence-electron chi connectivity index (χ2n) is 10.0. The average molecular weight is 526 g/mol. The molecule has 0 saturated heterocycles. The molecule has 2 N–H and O–H groups in total. The number of para-hydroxylation sites is 1. The summed E-state index contributed by atoms with van der Waals surface area (Å²) in [5, 5.41) is 4.26. The van der Waals surface area contributed by atoms with Crippen molar-refractivity contribution in [3.63, 3.8) is 0 Å². The molecule has 0 spiro atoms. The van der Waals surface area contributed by atoms with E-state index >= 15 is 0 Å². The lowest BCUT2D eigenvalue weighted by atomic mass is 9.94. The van der Waals surface area contributed by atoms with E-state index in [9.17, 15) is 9.59 Å². The lowest BCUT2D eigenvalue weighted by molar-refractivity contribution is -0.127. The molecule has 3 aromatic carbocycles. The Kier molecular flexibility index (Phi) is 8.16. The normalized spacial score (nSPS) is 14.5. The van der Waals surface area contributed by atoms with Crippen LogP contribution >= 0.6 is 0 Å². The zero-order valence-corrected chi connectivity index (χ0v) is 22.5. The lowest BCUT2D eigenvalue weighted by Crippen LogP contribution is -2.47. The van der Waals surface area contributed by atoms with Gasteiger partial charge in [0.05, 0.1) is 20.6 Å². The number of carbonyl (C=O) groups excluding carboxylic acids is 2. The number of benzene rings is 3. The Hall–Kier alpha value is -4.26. The molecular weight excluding hydrogens is 490 g/mol. The first kappa shape index (κ1) is 26.4. The smallest absolute Gasteiger partial charge is 0.248 e. The Bertz CT molecular complexity index is 1410. The molecule has 5 rings (SSSR count). The minimum Gasteiger partial charge on any atom is -0.497 e. The highest BCUT2D eigenvalue weighted by Gasteiger charge is 2.34. The molecule has 0 aliphatic heterocycles. The second-order valence-corrected chi connectivity index (χ2v) is 10.0. The number of nitrogens with one attached hydrogen (secondary N) is 2. The summed E-state index contributed by atoms with van der Waals surface area (Å²) in [5.41, 5.74) is 3.20. The first-order chi connectivity index (χ1) is 19.1. The number of amides is 2. The van der Waals surface area contributed by atoms with Crippen molar-refractivity contribution in [2.45, 2.75) is 50.6 Å². The third-order valence-corrected chi connectivity index (χ3v) is 7.53. The van der Waals surface area contributed by atoms with Crippen LogP contribution in [0.25, 0.3) is 10.9 Å². The van der Waals surface area contributed by atoms with E-state index in [1.807, 2.05) is 79.0 Å². The maximum atomic E-state index is 14.2. The summed E-state index contributed by atoms with van der Waals surface area (Å²) in [5.74, 6) is 1.00. The summed E-state index contributed by atoms with van der Waals surface area (Å²) < 4.78 is 10.7. The van der Waals surface area contributed by atoms with Crippen molar-refractivity contribution in [2.24, 2.45) is 0 Å². The van der Waals surface area contributed by atoms with Crippen LogP contribution in [0.3, 0.4) is 0 Å². The molecule has 1 aliphatic rings. The molecule has 1 fully saturated rings. The molecule has 2 amide bonds. The standard InChI is InChI=1S/C32H35N3O4/c1-38-26-16-12-22(13-17-26)31(32(37)34-24-8-4-3-5-9-24)35(25-14-18-27(39-2)19-15-25)30(36)20-23-21-33-29-11-7-6-10-28(23)29/h6-7,10-19,21,24,31,33H,3-5,8-9,20H2,1-2H3,(H,34,37). The molecule has 1 aliphatic carbocycles.